The first-order valence-corrected chi connectivity index (χ1v) is 6.91. The number of hydrogen-bond acceptors (Lipinski definition) is 3. The van der Waals surface area contributed by atoms with Crippen molar-refractivity contribution >= 4 is 0 Å². The van der Waals surface area contributed by atoms with Gasteiger partial charge in [-0.25, -0.2) is 4.39 Å². The fourth-order valence-electron chi connectivity index (χ4n) is 2.52. The third-order valence-corrected chi connectivity index (χ3v) is 3.71. The Labute approximate surface area is 124 Å². The quantitative estimate of drug-likeness (QED) is 0.656. The molecule has 1 unspecified atom stereocenters. The molecule has 0 spiro atoms. The van der Waals surface area contributed by atoms with Crippen LogP contribution in [0.2, 0.25) is 0 Å². The third-order valence-electron chi connectivity index (χ3n) is 3.71. The Morgan fingerprint density at radius 2 is 2.00 bits per heavy atom. The minimum Gasteiger partial charge on any atom is -0.496 e. The highest BCUT2D eigenvalue weighted by Gasteiger charge is 2.20. The zero-order valence-corrected chi connectivity index (χ0v) is 12.6. The Morgan fingerprint density at radius 1 is 1.24 bits per heavy atom. The number of aryl methyl sites for hydroxylation is 2. The van der Waals surface area contributed by atoms with Crippen LogP contribution in [0, 0.1) is 19.7 Å². The summed E-state index contributed by atoms with van der Waals surface area (Å²) in [6.45, 7) is 4.08. The van der Waals surface area contributed by atoms with E-state index >= 15 is 0 Å². The molecule has 0 aliphatic carbocycles. The van der Waals surface area contributed by atoms with Gasteiger partial charge >= 0.3 is 0 Å². The molecule has 3 nitrogen and oxygen atoms in total. The molecule has 0 aliphatic heterocycles. The highest BCUT2D eigenvalue weighted by molar-refractivity contribution is 5.39. The molecule has 112 valence electrons. The summed E-state index contributed by atoms with van der Waals surface area (Å²) < 4.78 is 19.4. The molecule has 4 heteroatoms. The van der Waals surface area contributed by atoms with Crippen molar-refractivity contribution in [1.82, 2.24) is 5.43 Å². The predicted octanol–water partition coefficient (Wildman–Crippen LogP) is 3.20. The molecule has 0 aliphatic rings. The average Bonchev–Trinajstić information content (AvgIpc) is 2.48. The van der Waals surface area contributed by atoms with Gasteiger partial charge in [-0.1, -0.05) is 29.8 Å². The number of nitrogens with two attached hydrogens (primary N) is 1. The summed E-state index contributed by atoms with van der Waals surface area (Å²) in [5.41, 5.74) is 6.65. The van der Waals surface area contributed by atoms with Crippen molar-refractivity contribution in [3.8, 4) is 5.75 Å². The lowest BCUT2D eigenvalue weighted by Gasteiger charge is -2.21. The van der Waals surface area contributed by atoms with Gasteiger partial charge in [0.05, 0.1) is 13.2 Å². The number of hydrazine groups is 1. The van der Waals surface area contributed by atoms with Crippen LogP contribution in [0.3, 0.4) is 0 Å². The largest absolute Gasteiger partial charge is 0.496 e. The fourth-order valence-corrected chi connectivity index (χ4v) is 2.52. The summed E-state index contributed by atoms with van der Waals surface area (Å²) in [4.78, 5) is 0. The maximum atomic E-state index is 14.2. The Kier molecular flexibility index (Phi) is 4.94. The smallest absolute Gasteiger partial charge is 0.131 e. The number of benzene rings is 2. The van der Waals surface area contributed by atoms with E-state index in [-0.39, 0.29) is 11.9 Å². The van der Waals surface area contributed by atoms with E-state index in [0.29, 0.717) is 17.7 Å². The molecule has 2 aromatic carbocycles. The molecule has 0 bridgehead atoms. The van der Waals surface area contributed by atoms with E-state index in [4.69, 9.17) is 10.6 Å². The van der Waals surface area contributed by atoms with Gasteiger partial charge in [-0.15, -0.1) is 0 Å². The summed E-state index contributed by atoms with van der Waals surface area (Å²) in [5.74, 6) is 5.85. The van der Waals surface area contributed by atoms with E-state index in [0.717, 1.165) is 11.1 Å². The minimum absolute atomic E-state index is 0.317. The van der Waals surface area contributed by atoms with Gasteiger partial charge in [-0.2, -0.15) is 0 Å². The molecular weight excluding hydrogens is 267 g/mol. The number of nitrogens with one attached hydrogen (secondary N) is 1. The number of halogens is 1. The first-order valence-electron chi connectivity index (χ1n) is 6.91. The van der Waals surface area contributed by atoms with Crippen LogP contribution in [0.4, 0.5) is 4.39 Å². The van der Waals surface area contributed by atoms with Gasteiger partial charge in [-0.05, 0) is 43.5 Å². The van der Waals surface area contributed by atoms with Crippen molar-refractivity contribution < 1.29 is 9.13 Å². The van der Waals surface area contributed by atoms with Crippen molar-refractivity contribution in [2.75, 3.05) is 7.11 Å². The molecule has 2 rings (SSSR count). The van der Waals surface area contributed by atoms with E-state index in [1.165, 1.54) is 18.7 Å². The summed E-state index contributed by atoms with van der Waals surface area (Å²) in [6.07, 6.45) is 0.599. The molecule has 0 fully saturated rings. The molecule has 2 aromatic rings. The molecule has 3 N–H and O–H groups in total. The second-order valence-corrected chi connectivity index (χ2v) is 5.21. The molecule has 0 aromatic heterocycles. The summed E-state index contributed by atoms with van der Waals surface area (Å²) in [6, 6.07) is 10.7. The first kappa shape index (κ1) is 15.5. The molecule has 0 radical (unpaired) electrons. The van der Waals surface area contributed by atoms with Gasteiger partial charge in [0.2, 0.25) is 0 Å². The van der Waals surface area contributed by atoms with Crippen LogP contribution in [0.1, 0.15) is 28.3 Å². The zero-order valence-electron chi connectivity index (χ0n) is 12.6. The normalized spacial score (nSPS) is 12.2. The van der Waals surface area contributed by atoms with Gasteiger partial charge in [-0.3, -0.25) is 11.3 Å². The van der Waals surface area contributed by atoms with E-state index in [1.807, 2.05) is 13.8 Å². The van der Waals surface area contributed by atoms with Gasteiger partial charge in [0.25, 0.3) is 0 Å². The number of ether oxygens (including phenoxy) is 1. The maximum absolute atomic E-state index is 14.2. The number of methoxy groups -OCH3 is 1. The summed E-state index contributed by atoms with van der Waals surface area (Å²) >= 11 is 0. The van der Waals surface area contributed by atoms with Crippen LogP contribution in [-0.2, 0) is 6.42 Å². The van der Waals surface area contributed by atoms with Crippen LogP contribution >= 0.6 is 0 Å². The fraction of sp³-hybridized carbons (Fsp3) is 0.294. The Hall–Kier alpha value is -1.91. The standard InChI is InChI=1S/C17H21FN2O/c1-11-7-8-12(2)13(9-11)10-15(20-19)17-14(18)5-4-6-16(17)21-3/h4-9,15,20H,10,19H2,1-3H3. The molecule has 0 saturated heterocycles. The molecule has 0 saturated carbocycles. The van der Waals surface area contributed by atoms with Crippen molar-refractivity contribution in [3.63, 3.8) is 0 Å². The average molecular weight is 288 g/mol. The van der Waals surface area contributed by atoms with Gasteiger partial charge in [0.1, 0.15) is 11.6 Å². The molecule has 0 amide bonds. The predicted molar refractivity (Wildman–Crippen MR) is 82.6 cm³/mol. The van der Waals surface area contributed by atoms with Crippen LogP contribution in [0.5, 0.6) is 5.75 Å². The van der Waals surface area contributed by atoms with Gasteiger partial charge in [0.15, 0.2) is 0 Å². The van der Waals surface area contributed by atoms with Crippen molar-refractivity contribution in [2.24, 2.45) is 5.84 Å². The van der Waals surface area contributed by atoms with Crippen molar-refractivity contribution in [1.29, 1.82) is 0 Å². The van der Waals surface area contributed by atoms with Crippen molar-refractivity contribution in [2.45, 2.75) is 26.3 Å². The Bertz CT molecular complexity index is 628. The van der Waals surface area contributed by atoms with Crippen LogP contribution < -0.4 is 16.0 Å². The lowest BCUT2D eigenvalue weighted by atomic mass is 9.94. The SMILES string of the molecule is COc1cccc(F)c1C(Cc1cc(C)ccc1C)NN. The van der Waals surface area contributed by atoms with Gasteiger partial charge in [0, 0.05) is 5.56 Å². The molecule has 0 heterocycles. The third kappa shape index (κ3) is 3.40. The van der Waals surface area contributed by atoms with Gasteiger partial charge < -0.3 is 4.74 Å². The Morgan fingerprint density at radius 3 is 2.67 bits per heavy atom. The molecule has 1 atom stereocenters. The van der Waals surface area contributed by atoms with E-state index < -0.39 is 0 Å². The zero-order chi connectivity index (χ0) is 15.4. The van der Waals surface area contributed by atoms with E-state index in [9.17, 15) is 4.39 Å². The lowest BCUT2D eigenvalue weighted by molar-refractivity contribution is 0.390. The van der Waals surface area contributed by atoms with Crippen LogP contribution in [0.25, 0.3) is 0 Å². The summed E-state index contributed by atoms with van der Waals surface area (Å²) in [5, 5.41) is 0. The molecule has 21 heavy (non-hydrogen) atoms. The Balaban J connectivity index is 2.39. The van der Waals surface area contributed by atoms with Crippen molar-refractivity contribution in [3.05, 3.63) is 64.5 Å². The first-order chi connectivity index (χ1) is 10.1. The van der Waals surface area contributed by atoms with E-state index in [1.54, 1.807) is 12.1 Å². The summed E-state index contributed by atoms with van der Waals surface area (Å²) in [7, 11) is 1.53. The highest BCUT2D eigenvalue weighted by atomic mass is 19.1. The van der Waals surface area contributed by atoms with Crippen LogP contribution in [-0.4, -0.2) is 7.11 Å². The van der Waals surface area contributed by atoms with Crippen LogP contribution in [0.15, 0.2) is 36.4 Å². The lowest BCUT2D eigenvalue weighted by Crippen LogP contribution is -2.30. The number of rotatable bonds is 5. The molecular formula is C17H21FN2O. The second kappa shape index (κ2) is 6.70. The minimum atomic E-state index is -0.346. The highest BCUT2D eigenvalue weighted by Crippen LogP contribution is 2.30. The monoisotopic (exact) mass is 288 g/mol. The van der Waals surface area contributed by atoms with E-state index in [2.05, 4.69) is 23.6 Å². The second-order valence-electron chi connectivity index (χ2n) is 5.21. The maximum Gasteiger partial charge on any atom is 0.131 e. The topological polar surface area (TPSA) is 47.3 Å². The number of hydrogen-bond donors (Lipinski definition) is 2.